The molecule has 0 aliphatic carbocycles. The molecule has 1 aromatic carbocycles. The van der Waals surface area contributed by atoms with Gasteiger partial charge in [-0.05, 0) is 12.1 Å². The highest BCUT2D eigenvalue weighted by Gasteiger charge is 2.34. The number of rotatable bonds is 7. The fourth-order valence-electron chi connectivity index (χ4n) is 2.04. The van der Waals surface area contributed by atoms with Crippen molar-refractivity contribution in [1.82, 2.24) is 5.32 Å². The van der Waals surface area contributed by atoms with Crippen molar-refractivity contribution in [3.8, 4) is 0 Å². The molecule has 1 fully saturated rings. The number of thioether (sulfide) groups is 1. The van der Waals surface area contributed by atoms with E-state index in [4.69, 9.17) is 9.47 Å². The predicted octanol–water partition coefficient (Wildman–Crippen LogP) is 2.17. The van der Waals surface area contributed by atoms with Gasteiger partial charge in [-0.1, -0.05) is 18.2 Å². The Balaban J connectivity index is 1.61. The summed E-state index contributed by atoms with van der Waals surface area (Å²) >= 11 is 1.87. The Labute approximate surface area is 113 Å². The second kappa shape index (κ2) is 7.14. The molecule has 0 spiro atoms. The number of hydrogen-bond acceptors (Lipinski definition) is 4. The highest BCUT2D eigenvalue weighted by atomic mass is 32.2. The Hall–Kier alpha value is -0.550. The highest BCUT2D eigenvalue weighted by molar-refractivity contribution is 7.99. The van der Waals surface area contributed by atoms with Gasteiger partial charge in [0.2, 0.25) is 0 Å². The van der Waals surface area contributed by atoms with Crippen LogP contribution in [0.15, 0.2) is 35.2 Å². The standard InChI is InChI=1S/C14H21NO2S/c1-16-14(7-9-17-12-14)11-15-8-10-18-13-5-3-2-4-6-13/h2-6,15H,7-12H2,1H3. The van der Waals surface area contributed by atoms with Gasteiger partial charge in [0.15, 0.2) is 0 Å². The van der Waals surface area contributed by atoms with E-state index < -0.39 is 0 Å². The molecule has 3 nitrogen and oxygen atoms in total. The molecule has 0 bridgehead atoms. The summed E-state index contributed by atoms with van der Waals surface area (Å²) in [5.74, 6) is 1.07. The Kier molecular flexibility index (Phi) is 5.50. The number of hydrogen-bond donors (Lipinski definition) is 1. The van der Waals surface area contributed by atoms with Crippen LogP contribution in [-0.2, 0) is 9.47 Å². The molecule has 1 aromatic rings. The monoisotopic (exact) mass is 267 g/mol. The molecule has 0 radical (unpaired) electrons. The zero-order chi connectivity index (χ0) is 12.7. The molecule has 2 rings (SSSR count). The van der Waals surface area contributed by atoms with Gasteiger partial charge < -0.3 is 14.8 Å². The molecule has 0 aromatic heterocycles. The van der Waals surface area contributed by atoms with Crippen molar-refractivity contribution in [2.24, 2.45) is 0 Å². The van der Waals surface area contributed by atoms with E-state index >= 15 is 0 Å². The summed E-state index contributed by atoms with van der Waals surface area (Å²) in [6, 6.07) is 10.5. The summed E-state index contributed by atoms with van der Waals surface area (Å²) in [5.41, 5.74) is -0.0998. The van der Waals surface area contributed by atoms with Crippen molar-refractivity contribution >= 4 is 11.8 Å². The number of ether oxygens (including phenoxy) is 2. The first-order valence-electron chi connectivity index (χ1n) is 6.36. The Morgan fingerprint density at radius 3 is 2.89 bits per heavy atom. The summed E-state index contributed by atoms with van der Waals surface area (Å²) in [6.07, 6.45) is 0.988. The van der Waals surface area contributed by atoms with Crippen LogP contribution in [0, 0.1) is 0 Å². The van der Waals surface area contributed by atoms with Crippen LogP contribution in [0.5, 0.6) is 0 Å². The van der Waals surface area contributed by atoms with Crippen LogP contribution in [-0.4, -0.2) is 44.8 Å². The van der Waals surface area contributed by atoms with Crippen molar-refractivity contribution in [2.45, 2.75) is 16.9 Å². The smallest absolute Gasteiger partial charge is 0.106 e. The average molecular weight is 267 g/mol. The largest absolute Gasteiger partial charge is 0.378 e. The van der Waals surface area contributed by atoms with Gasteiger partial charge in [0.25, 0.3) is 0 Å². The summed E-state index contributed by atoms with van der Waals surface area (Å²) in [7, 11) is 1.77. The minimum atomic E-state index is -0.0998. The predicted molar refractivity (Wildman–Crippen MR) is 75.2 cm³/mol. The van der Waals surface area contributed by atoms with Gasteiger partial charge in [-0.3, -0.25) is 0 Å². The van der Waals surface area contributed by atoms with Crippen molar-refractivity contribution in [1.29, 1.82) is 0 Å². The van der Waals surface area contributed by atoms with E-state index in [1.54, 1.807) is 7.11 Å². The highest BCUT2D eigenvalue weighted by Crippen LogP contribution is 2.21. The first-order valence-corrected chi connectivity index (χ1v) is 7.35. The maximum absolute atomic E-state index is 5.57. The minimum Gasteiger partial charge on any atom is -0.378 e. The van der Waals surface area contributed by atoms with E-state index in [0.717, 1.165) is 31.9 Å². The first-order chi connectivity index (χ1) is 8.85. The third kappa shape index (κ3) is 3.99. The lowest BCUT2D eigenvalue weighted by atomic mass is 10.0. The topological polar surface area (TPSA) is 30.5 Å². The van der Waals surface area contributed by atoms with Crippen molar-refractivity contribution in [3.63, 3.8) is 0 Å². The molecule has 1 aliphatic heterocycles. The Morgan fingerprint density at radius 1 is 1.39 bits per heavy atom. The van der Waals surface area contributed by atoms with Gasteiger partial charge in [-0.25, -0.2) is 0 Å². The SMILES string of the molecule is COC1(CNCCSc2ccccc2)CCOC1. The van der Waals surface area contributed by atoms with E-state index in [0.29, 0.717) is 6.61 Å². The van der Waals surface area contributed by atoms with E-state index in [1.165, 1.54) is 4.90 Å². The molecule has 4 heteroatoms. The molecular formula is C14H21NO2S. The molecule has 1 unspecified atom stereocenters. The van der Waals surface area contributed by atoms with E-state index in [2.05, 4.69) is 29.6 Å². The lowest BCUT2D eigenvalue weighted by molar-refractivity contribution is -0.0153. The molecule has 18 heavy (non-hydrogen) atoms. The molecule has 100 valence electrons. The lowest BCUT2D eigenvalue weighted by Crippen LogP contribution is -2.43. The summed E-state index contributed by atoms with van der Waals surface area (Å²) in [4.78, 5) is 1.32. The van der Waals surface area contributed by atoms with Gasteiger partial charge in [-0.2, -0.15) is 0 Å². The third-order valence-corrected chi connectivity index (χ3v) is 4.25. The van der Waals surface area contributed by atoms with Gasteiger partial charge >= 0.3 is 0 Å². The molecule has 1 N–H and O–H groups in total. The molecule has 1 aliphatic rings. The molecule has 1 saturated heterocycles. The van der Waals surface area contributed by atoms with E-state index in [-0.39, 0.29) is 5.60 Å². The van der Waals surface area contributed by atoms with Crippen LogP contribution in [0.4, 0.5) is 0 Å². The van der Waals surface area contributed by atoms with Crippen LogP contribution in [0.1, 0.15) is 6.42 Å². The Bertz CT molecular complexity index is 339. The summed E-state index contributed by atoms with van der Waals surface area (Å²) in [6.45, 7) is 3.39. The fourth-order valence-corrected chi connectivity index (χ4v) is 2.87. The summed E-state index contributed by atoms with van der Waals surface area (Å²) < 4.78 is 11.0. The summed E-state index contributed by atoms with van der Waals surface area (Å²) in [5, 5.41) is 3.46. The normalized spacial score (nSPS) is 23.4. The van der Waals surface area contributed by atoms with Gasteiger partial charge in [0.1, 0.15) is 5.60 Å². The molecule has 0 saturated carbocycles. The first kappa shape index (κ1) is 13.9. The molecule has 1 atom stereocenters. The second-order valence-corrected chi connectivity index (χ2v) is 5.70. The van der Waals surface area contributed by atoms with Gasteiger partial charge in [0.05, 0.1) is 6.61 Å². The number of nitrogens with one attached hydrogen (secondary N) is 1. The maximum atomic E-state index is 5.57. The van der Waals surface area contributed by atoms with Crippen LogP contribution >= 0.6 is 11.8 Å². The van der Waals surface area contributed by atoms with E-state index in [1.807, 2.05) is 17.8 Å². The molecule has 1 heterocycles. The van der Waals surface area contributed by atoms with Crippen LogP contribution in [0.2, 0.25) is 0 Å². The number of benzene rings is 1. The quantitative estimate of drug-likeness (QED) is 0.606. The molecular weight excluding hydrogens is 246 g/mol. The minimum absolute atomic E-state index is 0.0998. The Morgan fingerprint density at radius 2 is 2.22 bits per heavy atom. The maximum Gasteiger partial charge on any atom is 0.106 e. The average Bonchev–Trinajstić information content (AvgIpc) is 2.89. The van der Waals surface area contributed by atoms with Gasteiger partial charge in [-0.15, -0.1) is 11.8 Å². The zero-order valence-corrected chi connectivity index (χ0v) is 11.7. The van der Waals surface area contributed by atoms with Crippen molar-refractivity contribution in [3.05, 3.63) is 30.3 Å². The lowest BCUT2D eigenvalue weighted by Gasteiger charge is -2.25. The zero-order valence-electron chi connectivity index (χ0n) is 10.9. The van der Waals surface area contributed by atoms with Crippen LogP contribution in [0.25, 0.3) is 0 Å². The van der Waals surface area contributed by atoms with Crippen LogP contribution < -0.4 is 5.32 Å². The molecule has 0 amide bonds. The number of methoxy groups -OCH3 is 1. The van der Waals surface area contributed by atoms with E-state index in [9.17, 15) is 0 Å². The van der Waals surface area contributed by atoms with Crippen LogP contribution in [0.3, 0.4) is 0 Å². The van der Waals surface area contributed by atoms with Crippen molar-refractivity contribution in [2.75, 3.05) is 39.2 Å². The fraction of sp³-hybridized carbons (Fsp3) is 0.571. The van der Waals surface area contributed by atoms with Crippen molar-refractivity contribution < 1.29 is 9.47 Å². The third-order valence-electron chi connectivity index (χ3n) is 3.24. The second-order valence-electron chi connectivity index (χ2n) is 4.53. The van der Waals surface area contributed by atoms with Gasteiger partial charge in [0, 0.05) is 43.9 Å².